The maximum absolute atomic E-state index is 14.4. The lowest BCUT2D eigenvalue weighted by Crippen LogP contribution is -2.58. The molecule has 0 aliphatic carbocycles. The molecule has 1 spiro atoms. The second-order valence-corrected chi connectivity index (χ2v) is 11.6. The second kappa shape index (κ2) is 9.87. The van der Waals surface area contributed by atoms with Crippen molar-refractivity contribution in [3.05, 3.63) is 89.5 Å². The van der Waals surface area contributed by atoms with Crippen LogP contribution < -0.4 is 4.90 Å². The molecule has 2 aromatic carbocycles. The highest BCUT2D eigenvalue weighted by Gasteiger charge is 2.75. The summed E-state index contributed by atoms with van der Waals surface area (Å²) in [5.41, 5.74) is -0.869. The van der Waals surface area contributed by atoms with Gasteiger partial charge in [0.25, 0.3) is 5.91 Å². The summed E-state index contributed by atoms with van der Waals surface area (Å²) in [6.07, 6.45) is 7.43. The molecule has 208 valence electrons. The Balaban J connectivity index is 1.44. The van der Waals surface area contributed by atoms with E-state index < -0.39 is 35.1 Å². The molecule has 6 atom stereocenters. The number of fused-ring (bicyclic) bond motifs is 2. The summed E-state index contributed by atoms with van der Waals surface area (Å²) in [6, 6.07) is 14.9. The third-order valence-corrected chi connectivity index (χ3v) is 8.92. The van der Waals surface area contributed by atoms with Gasteiger partial charge >= 0.3 is 0 Å². The Bertz CT molecular complexity index is 1400. The largest absolute Gasteiger partial charge is 0.394 e. The van der Waals surface area contributed by atoms with Crippen LogP contribution in [0.3, 0.4) is 0 Å². The van der Waals surface area contributed by atoms with Gasteiger partial charge in [-0.2, -0.15) is 0 Å². The van der Waals surface area contributed by atoms with Crippen LogP contribution >= 0.6 is 11.6 Å². The van der Waals surface area contributed by atoms with Crippen LogP contribution in [0.25, 0.3) is 0 Å². The number of nitrogens with zero attached hydrogens (tertiary/aromatic N) is 3. The zero-order valence-electron chi connectivity index (χ0n) is 22.4. The summed E-state index contributed by atoms with van der Waals surface area (Å²) in [7, 11) is 0. The Morgan fingerprint density at radius 2 is 1.65 bits per heavy atom. The average Bonchev–Trinajstić information content (AvgIpc) is 3.23. The predicted molar refractivity (Wildman–Crippen MR) is 150 cm³/mol. The number of anilines is 1. The quantitative estimate of drug-likeness (QED) is 0.566. The standard InChI is InChI=1S/C31H32ClN3O5/c1-20(19-36)35-26-29(39)34(23-12-10-22(32)11-13-23)17-7-15-31(26)25(28(35)38)24-27(37)33(16-6-14-30(24,2)40-31)18-21-8-4-3-5-9-21/h3-15,20,24-26,36H,16-19H2,1-2H3/t20-,24+,25+,26?,30-,31+/m1/s1. The maximum Gasteiger partial charge on any atom is 0.253 e. The Morgan fingerprint density at radius 3 is 2.35 bits per heavy atom. The fourth-order valence-electron chi connectivity index (χ4n) is 6.87. The van der Waals surface area contributed by atoms with Crippen LogP contribution in [0.4, 0.5) is 5.69 Å². The minimum absolute atomic E-state index is 0.191. The summed E-state index contributed by atoms with van der Waals surface area (Å²) in [6.45, 7) is 4.24. The molecule has 2 aromatic rings. The minimum Gasteiger partial charge on any atom is -0.394 e. The lowest BCUT2D eigenvalue weighted by Gasteiger charge is -2.39. The molecular weight excluding hydrogens is 530 g/mol. The molecule has 1 N–H and O–H groups in total. The molecule has 4 aliphatic rings. The highest BCUT2D eigenvalue weighted by molar-refractivity contribution is 6.30. The van der Waals surface area contributed by atoms with Gasteiger partial charge in [0.05, 0.1) is 30.1 Å². The molecular formula is C31H32ClN3O5. The van der Waals surface area contributed by atoms with Gasteiger partial charge in [-0.25, -0.2) is 0 Å². The first-order valence-corrected chi connectivity index (χ1v) is 14.0. The average molecular weight is 562 g/mol. The number of hydrogen-bond acceptors (Lipinski definition) is 5. The van der Waals surface area contributed by atoms with E-state index in [9.17, 15) is 19.5 Å². The molecule has 4 aliphatic heterocycles. The van der Waals surface area contributed by atoms with E-state index in [4.69, 9.17) is 16.3 Å². The third kappa shape index (κ3) is 4.00. The van der Waals surface area contributed by atoms with Gasteiger partial charge in [0, 0.05) is 30.3 Å². The molecule has 0 aromatic heterocycles. The number of carbonyl (C=O) groups excluding carboxylic acids is 3. The molecule has 40 heavy (non-hydrogen) atoms. The van der Waals surface area contributed by atoms with Gasteiger partial charge in [0.2, 0.25) is 11.8 Å². The molecule has 0 saturated carbocycles. The smallest absolute Gasteiger partial charge is 0.253 e. The SMILES string of the molecule is C[C@H](CO)N1C(=O)[C@@H]2[C@H]3C(=O)N(Cc4ccccc4)CC=C[C@@]3(C)O[C@@]23C=CCN(c2ccc(Cl)cc2)C(=O)C13. The fraction of sp³-hybridized carbons (Fsp3) is 0.387. The predicted octanol–water partition coefficient (Wildman–Crippen LogP) is 3.19. The van der Waals surface area contributed by atoms with Crippen molar-refractivity contribution >= 4 is 35.0 Å². The van der Waals surface area contributed by atoms with Crippen LogP contribution in [0, 0.1) is 11.8 Å². The highest BCUT2D eigenvalue weighted by Crippen LogP contribution is 2.58. The van der Waals surface area contributed by atoms with Crippen LogP contribution in [-0.2, 0) is 25.7 Å². The van der Waals surface area contributed by atoms with E-state index in [0.29, 0.717) is 23.8 Å². The van der Waals surface area contributed by atoms with Crippen molar-refractivity contribution in [3.8, 4) is 0 Å². The Kier molecular flexibility index (Phi) is 6.60. The van der Waals surface area contributed by atoms with Crippen LogP contribution in [0.1, 0.15) is 19.4 Å². The van der Waals surface area contributed by atoms with Crippen molar-refractivity contribution in [2.75, 3.05) is 24.6 Å². The number of rotatable bonds is 5. The van der Waals surface area contributed by atoms with E-state index in [1.807, 2.05) is 55.5 Å². The number of amides is 3. The Labute approximate surface area is 238 Å². The first-order chi connectivity index (χ1) is 19.2. The Hall–Kier alpha value is -3.46. The highest BCUT2D eigenvalue weighted by atomic mass is 35.5. The number of aliphatic hydroxyl groups is 1. The molecule has 4 heterocycles. The monoisotopic (exact) mass is 561 g/mol. The molecule has 9 heteroatoms. The van der Waals surface area contributed by atoms with Crippen molar-refractivity contribution in [3.63, 3.8) is 0 Å². The second-order valence-electron chi connectivity index (χ2n) is 11.2. The molecule has 0 bridgehead atoms. The van der Waals surface area contributed by atoms with Gasteiger partial charge in [-0.3, -0.25) is 14.4 Å². The van der Waals surface area contributed by atoms with Crippen LogP contribution in [0.15, 0.2) is 78.9 Å². The zero-order valence-corrected chi connectivity index (χ0v) is 23.2. The van der Waals surface area contributed by atoms with Crippen LogP contribution in [-0.4, -0.2) is 75.6 Å². The number of ether oxygens (including phenoxy) is 1. The number of hydrogen-bond donors (Lipinski definition) is 1. The van der Waals surface area contributed by atoms with Gasteiger partial charge in [0.1, 0.15) is 11.6 Å². The van der Waals surface area contributed by atoms with Gasteiger partial charge in [-0.1, -0.05) is 66.2 Å². The van der Waals surface area contributed by atoms with Crippen molar-refractivity contribution < 1.29 is 24.2 Å². The number of likely N-dealkylation sites (tertiary alicyclic amines) is 1. The summed E-state index contributed by atoms with van der Waals surface area (Å²) < 4.78 is 6.83. The summed E-state index contributed by atoms with van der Waals surface area (Å²) >= 11 is 6.10. The van der Waals surface area contributed by atoms with E-state index in [-0.39, 0.29) is 30.9 Å². The van der Waals surface area contributed by atoms with E-state index in [2.05, 4.69) is 0 Å². The van der Waals surface area contributed by atoms with E-state index in [0.717, 1.165) is 5.56 Å². The van der Waals surface area contributed by atoms with Gasteiger partial charge in [-0.15, -0.1) is 0 Å². The van der Waals surface area contributed by atoms with Crippen molar-refractivity contribution in [2.45, 2.75) is 43.7 Å². The van der Waals surface area contributed by atoms with Crippen molar-refractivity contribution in [1.82, 2.24) is 9.80 Å². The summed E-state index contributed by atoms with van der Waals surface area (Å²) in [5.74, 6) is -2.67. The van der Waals surface area contributed by atoms with Crippen molar-refractivity contribution in [1.29, 1.82) is 0 Å². The van der Waals surface area contributed by atoms with E-state index >= 15 is 0 Å². The molecule has 2 fully saturated rings. The van der Waals surface area contributed by atoms with Crippen LogP contribution in [0.5, 0.6) is 0 Å². The van der Waals surface area contributed by atoms with Gasteiger partial charge in [-0.05, 0) is 43.7 Å². The van der Waals surface area contributed by atoms with Crippen molar-refractivity contribution in [2.24, 2.45) is 11.8 Å². The molecule has 0 radical (unpaired) electrons. The van der Waals surface area contributed by atoms with Gasteiger partial charge < -0.3 is 24.5 Å². The van der Waals surface area contributed by atoms with Crippen LogP contribution in [0.2, 0.25) is 5.02 Å². The molecule has 2 saturated heterocycles. The number of halogens is 1. The number of aliphatic hydroxyl groups excluding tert-OH is 1. The normalized spacial score (nSPS) is 32.0. The molecule has 1 unspecified atom stereocenters. The summed E-state index contributed by atoms with van der Waals surface area (Å²) in [4.78, 5) is 47.8. The van der Waals surface area contributed by atoms with E-state index in [1.165, 1.54) is 4.90 Å². The molecule has 6 rings (SSSR count). The first kappa shape index (κ1) is 26.7. The lowest BCUT2D eigenvalue weighted by molar-refractivity contribution is -0.151. The zero-order chi connectivity index (χ0) is 28.2. The minimum atomic E-state index is -1.38. The number of benzene rings is 2. The lowest BCUT2D eigenvalue weighted by atomic mass is 9.74. The Morgan fingerprint density at radius 1 is 0.950 bits per heavy atom. The number of carbonyl (C=O) groups is 3. The first-order valence-electron chi connectivity index (χ1n) is 13.6. The van der Waals surface area contributed by atoms with E-state index in [1.54, 1.807) is 47.1 Å². The third-order valence-electron chi connectivity index (χ3n) is 8.67. The van der Waals surface area contributed by atoms with Gasteiger partial charge in [0.15, 0.2) is 0 Å². The fourth-order valence-corrected chi connectivity index (χ4v) is 7.00. The molecule has 3 amide bonds. The summed E-state index contributed by atoms with van der Waals surface area (Å²) in [5, 5.41) is 10.7. The molecule has 8 nitrogen and oxygen atoms in total. The topological polar surface area (TPSA) is 90.4 Å². The maximum atomic E-state index is 14.4.